The van der Waals surface area contributed by atoms with Crippen molar-refractivity contribution in [3.8, 4) is 5.75 Å². The van der Waals surface area contributed by atoms with Gasteiger partial charge in [-0.1, -0.05) is 46.1 Å². The summed E-state index contributed by atoms with van der Waals surface area (Å²) in [6, 6.07) is 5.43. The quantitative estimate of drug-likeness (QED) is 0.525. The molecule has 106 valence electrons. The average Bonchev–Trinajstić information content (AvgIpc) is 2.43. The zero-order chi connectivity index (χ0) is 14.3. The maximum absolute atomic E-state index is 12.1. The lowest BCUT2D eigenvalue weighted by Gasteiger charge is -2.11. The fraction of sp³-hybridized carbons (Fsp3) is 0.588. The molecule has 0 aliphatic carbocycles. The molecule has 0 bridgehead atoms. The predicted molar refractivity (Wildman–Crippen MR) is 79.9 cm³/mol. The first-order chi connectivity index (χ1) is 9.10. The molecule has 1 aromatic rings. The summed E-state index contributed by atoms with van der Waals surface area (Å²) in [7, 11) is 0. The van der Waals surface area contributed by atoms with Crippen LogP contribution in [0.5, 0.6) is 5.75 Å². The molecule has 0 fully saturated rings. The van der Waals surface area contributed by atoms with Crippen molar-refractivity contribution in [1.29, 1.82) is 0 Å². The van der Waals surface area contributed by atoms with Crippen molar-refractivity contribution in [2.45, 2.75) is 65.2 Å². The molecule has 2 heteroatoms. The monoisotopic (exact) mass is 262 g/mol. The van der Waals surface area contributed by atoms with E-state index in [4.69, 9.17) is 0 Å². The van der Waals surface area contributed by atoms with Gasteiger partial charge >= 0.3 is 0 Å². The predicted octanol–water partition coefficient (Wildman–Crippen LogP) is 5.06. The summed E-state index contributed by atoms with van der Waals surface area (Å²) >= 11 is 0. The summed E-state index contributed by atoms with van der Waals surface area (Å²) in [5.74, 6) is 0.610. The van der Waals surface area contributed by atoms with Crippen LogP contribution in [0, 0.1) is 0 Å². The Bertz CT molecular complexity index is 410. The number of hydrogen-bond acceptors (Lipinski definition) is 2. The third-order valence-electron chi connectivity index (χ3n) is 3.76. The van der Waals surface area contributed by atoms with E-state index in [-0.39, 0.29) is 11.5 Å². The summed E-state index contributed by atoms with van der Waals surface area (Å²) in [5, 5.41) is 9.84. The van der Waals surface area contributed by atoms with Crippen molar-refractivity contribution >= 4 is 5.78 Å². The van der Waals surface area contributed by atoms with Gasteiger partial charge < -0.3 is 5.11 Å². The van der Waals surface area contributed by atoms with Crippen LogP contribution in [0.3, 0.4) is 0 Å². The van der Waals surface area contributed by atoms with Crippen LogP contribution in [-0.4, -0.2) is 10.9 Å². The highest BCUT2D eigenvalue weighted by Gasteiger charge is 2.13. The van der Waals surface area contributed by atoms with E-state index in [0.29, 0.717) is 17.9 Å². The Labute approximate surface area is 116 Å². The van der Waals surface area contributed by atoms with E-state index in [0.717, 1.165) is 24.8 Å². The summed E-state index contributed by atoms with van der Waals surface area (Å²) in [5.41, 5.74) is 1.63. The van der Waals surface area contributed by atoms with Gasteiger partial charge in [0.15, 0.2) is 5.78 Å². The van der Waals surface area contributed by atoms with Crippen LogP contribution in [0.1, 0.15) is 81.1 Å². The lowest BCUT2D eigenvalue weighted by molar-refractivity contribution is 0.0976. The number of rotatable bonds is 8. The van der Waals surface area contributed by atoms with Crippen LogP contribution in [-0.2, 0) is 0 Å². The van der Waals surface area contributed by atoms with Crippen LogP contribution in [0.2, 0.25) is 0 Å². The lowest BCUT2D eigenvalue weighted by atomic mass is 9.94. The Morgan fingerprint density at radius 1 is 1.21 bits per heavy atom. The van der Waals surface area contributed by atoms with Gasteiger partial charge in [-0.3, -0.25) is 4.79 Å². The molecule has 0 heterocycles. The van der Waals surface area contributed by atoms with Crippen LogP contribution in [0.4, 0.5) is 0 Å². The molecule has 0 aliphatic heterocycles. The minimum absolute atomic E-state index is 0.0683. The minimum atomic E-state index is 0.0683. The molecule has 19 heavy (non-hydrogen) atoms. The number of aromatic hydroxyl groups is 1. The van der Waals surface area contributed by atoms with Crippen LogP contribution >= 0.6 is 0 Å². The second-order valence-corrected chi connectivity index (χ2v) is 5.32. The molecule has 0 aliphatic rings. The van der Waals surface area contributed by atoms with Crippen molar-refractivity contribution < 1.29 is 9.90 Å². The Hall–Kier alpha value is -1.31. The van der Waals surface area contributed by atoms with Crippen molar-refractivity contribution in [2.24, 2.45) is 0 Å². The van der Waals surface area contributed by atoms with Gasteiger partial charge in [0, 0.05) is 6.42 Å². The summed E-state index contributed by atoms with van der Waals surface area (Å²) in [6.07, 6.45) is 5.93. The Balaban J connectivity index is 2.72. The highest BCUT2D eigenvalue weighted by atomic mass is 16.3. The van der Waals surface area contributed by atoms with Gasteiger partial charge in [0.1, 0.15) is 5.75 Å². The fourth-order valence-electron chi connectivity index (χ4n) is 2.17. The topological polar surface area (TPSA) is 37.3 Å². The number of benzene rings is 1. The molecule has 0 saturated heterocycles. The van der Waals surface area contributed by atoms with Crippen molar-refractivity contribution in [1.82, 2.24) is 0 Å². The molecule has 1 unspecified atom stereocenters. The molecule has 1 atom stereocenters. The lowest BCUT2D eigenvalue weighted by Crippen LogP contribution is -2.02. The van der Waals surface area contributed by atoms with Gasteiger partial charge in [0.2, 0.25) is 0 Å². The van der Waals surface area contributed by atoms with Gasteiger partial charge in [0.25, 0.3) is 0 Å². The Morgan fingerprint density at radius 2 is 1.95 bits per heavy atom. The number of hydrogen-bond donors (Lipinski definition) is 1. The zero-order valence-electron chi connectivity index (χ0n) is 12.4. The first kappa shape index (κ1) is 15.7. The fourth-order valence-corrected chi connectivity index (χ4v) is 2.17. The second-order valence-electron chi connectivity index (χ2n) is 5.32. The number of ketones is 1. The molecule has 0 amide bonds. The second kappa shape index (κ2) is 7.98. The Kier molecular flexibility index (Phi) is 6.61. The van der Waals surface area contributed by atoms with Crippen LogP contribution in [0.25, 0.3) is 0 Å². The van der Waals surface area contributed by atoms with Gasteiger partial charge in [-0.05, 0) is 36.5 Å². The highest BCUT2D eigenvalue weighted by molar-refractivity contribution is 5.98. The van der Waals surface area contributed by atoms with Crippen LogP contribution < -0.4 is 0 Å². The van der Waals surface area contributed by atoms with E-state index in [2.05, 4.69) is 20.8 Å². The third-order valence-corrected chi connectivity index (χ3v) is 3.76. The molecule has 0 spiro atoms. The molecule has 0 radical (unpaired) electrons. The minimum Gasteiger partial charge on any atom is -0.507 e. The number of carbonyl (C=O) groups is 1. The standard InChI is InChI=1S/C17H26O2/c1-4-6-7-8-9-16(18)15-12-14(13(3)5-2)10-11-17(15)19/h10-13,19H,4-9H2,1-3H3. The smallest absolute Gasteiger partial charge is 0.166 e. The summed E-state index contributed by atoms with van der Waals surface area (Å²) in [6.45, 7) is 6.43. The Morgan fingerprint density at radius 3 is 2.58 bits per heavy atom. The number of Topliss-reactive ketones (excluding diaryl/α,β-unsaturated/α-hetero) is 1. The van der Waals surface area contributed by atoms with E-state index in [1.54, 1.807) is 6.07 Å². The van der Waals surface area contributed by atoms with Gasteiger partial charge in [-0.2, -0.15) is 0 Å². The van der Waals surface area contributed by atoms with Crippen molar-refractivity contribution in [3.63, 3.8) is 0 Å². The first-order valence-corrected chi connectivity index (χ1v) is 7.46. The molecular weight excluding hydrogens is 236 g/mol. The van der Waals surface area contributed by atoms with E-state index in [9.17, 15) is 9.90 Å². The van der Waals surface area contributed by atoms with E-state index >= 15 is 0 Å². The van der Waals surface area contributed by atoms with E-state index in [1.807, 2.05) is 12.1 Å². The summed E-state index contributed by atoms with van der Waals surface area (Å²) < 4.78 is 0. The van der Waals surface area contributed by atoms with E-state index < -0.39 is 0 Å². The maximum atomic E-state index is 12.1. The zero-order valence-corrected chi connectivity index (χ0v) is 12.4. The summed E-state index contributed by atoms with van der Waals surface area (Å²) in [4.78, 5) is 12.1. The number of phenolic OH excluding ortho intramolecular Hbond substituents is 1. The molecule has 1 N–H and O–H groups in total. The maximum Gasteiger partial charge on any atom is 0.166 e. The molecule has 2 nitrogen and oxygen atoms in total. The van der Waals surface area contributed by atoms with E-state index in [1.165, 1.54) is 12.8 Å². The largest absolute Gasteiger partial charge is 0.507 e. The number of phenols is 1. The number of unbranched alkanes of at least 4 members (excludes halogenated alkanes) is 3. The molecule has 0 saturated carbocycles. The van der Waals surface area contributed by atoms with Crippen LogP contribution in [0.15, 0.2) is 18.2 Å². The SMILES string of the molecule is CCCCCCC(=O)c1cc(C(C)CC)ccc1O. The van der Waals surface area contributed by atoms with Crippen molar-refractivity contribution in [3.05, 3.63) is 29.3 Å². The molecule has 1 aromatic carbocycles. The van der Waals surface area contributed by atoms with Crippen molar-refractivity contribution in [2.75, 3.05) is 0 Å². The molecule has 1 rings (SSSR count). The normalized spacial score (nSPS) is 12.4. The van der Waals surface area contributed by atoms with Gasteiger partial charge in [-0.25, -0.2) is 0 Å². The molecular formula is C17H26O2. The highest BCUT2D eigenvalue weighted by Crippen LogP contribution is 2.26. The molecule has 0 aromatic heterocycles. The third kappa shape index (κ3) is 4.70. The average molecular weight is 262 g/mol. The number of carbonyl (C=O) groups excluding carboxylic acids is 1. The van der Waals surface area contributed by atoms with Gasteiger partial charge in [-0.15, -0.1) is 0 Å². The first-order valence-electron chi connectivity index (χ1n) is 7.46. The van der Waals surface area contributed by atoms with Gasteiger partial charge in [0.05, 0.1) is 5.56 Å².